The molecule has 0 aliphatic rings. The first kappa shape index (κ1) is 17.3. The molecular weight excluding hydrogens is 335 g/mol. The number of para-hydroxylation sites is 1. The van der Waals surface area contributed by atoms with E-state index in [1.54, 1.807) is 42.5 Å². The lowest BCUT2D eigenvalue weighted by molar-refractivity contribution is 0.0954. The maximum Gasteiger partial charge on any atom is 0.258 e. The van der Waals surface area contributed by atoms with Gasteiger partial charge >= 0.3 is 0 Å². The van der Waals surface area contributed by atoms with Crippen molar-refractivity contribution in [2.24, 2.45) is 0 Å². The number of amides is 2. The first-order chi connectivity index (χ1) is 11.0. The maximum absolute atomic E-state index is 12.4. The number of benzene rings is 2. The second-order valence-electron chi connectivity index (χ2n) is 4.85. The van der Waals surface area contributed by atoms with E-state index in [0.29, 0.717) is 17.8 Å². The minimum atomic E-state index is -0.462. The molecule has 2 aromatic carbocycles. The van der Waals surface area contributed by atoms with Crippen LogP contribution in [-0.2, 0) is 0 Å². The molecule has 0 spiro atoms. The van der Waals surface area contributed by atoms with Crippen molar-refractivity contribution in [3.05, 3.63) is 63.6 Å². The van der Waals surface area contributed by atoms with Crippen LogP contribution in [0.1, 0.15) is 34.1 Å². The van der Waals surface area contributed by atoms with Crippen molar-refractivity contribution < 1.29 is 9.59 Å². The van der Waals surface area contributed by atoms with E-state index in [1.807, 2.05) is 6.92 Å². The van der Waals surface area contributed by atoms with Gasteiger partial charge < -0.3 is 10.6 Å². The lowest BCUT2D eigenvalue weighted by Crippen LogP contribution is -2.25. The summed E-state index contributed by atoms with van der Waals surface area (Å²) < 4.78 is 0. The molecule has 120 valence electrons. The fourth-order valence-corrected chi connectivity index (χ4v) is 2.59. The SMILES string of the molecule is CCCNC(=O)c1ccccc1NC(=O)c1c(Cl)cccc1Cl. The molecule has 0 fully saturated rings. The third-order valence-corrected chi connectivity index (χ3v) is 3.78. The zero-order valence-corrected chi connectivity index (χ0v) is 14.0. The molecule has 0 bridgehead atoms. The number of anilines is 1. The highest BCUT2D eigenvalue weighted by molar-refractivity contribution is 6.40. The van der Waals surface area contributed by atoms with Crippen LogP contribution in [0.15, 0.2) is 42.5 Å². The predicted octanol–water partition coefficient (Wildman–Crippen LogP) is 4.39. The first-order valence-electron chi connectivity index (χ1n) is 7.17. The molecule has 2 N–H and O–H groups in total. The molecule has 0 aromatic heterocycles. The summed E-state index contributed by atoms with van der Waals surface area (Å²) in [6, 6.07) is 11.6. The number of hydrogen-bond donors (Lipinski definition) is 2. The van der Waals surface area contributed by atoms with Gasteiger partial charge in [0.15, 0.2) is 0 Å². The van der Waals surface area contributed by atoms with Gasteiger partial charge in [0.1, 0.15) is 0 Å². The maximum atomic E-state index is 12.4. The standard InChI is InChI=1S/C17H16Cl2N2O2/c1-2-10-20-16(22)11-6-3-4-9-14(11)21-17(23)15-12(18)7-5-8-13(15)19/h3-9H,2,10H2,1H3,(H,20,22)(H,21,23). The largest absolute Gasteiger partial charge is 0.352 e. The second kappa shape index (κ2) is 7.99. The Morgan fingerprint density at radius 1 is 0.957 bits per heavy atom. The van der Waals surface area contributed by atoms with E-state index in [-0.39, 0.29) is 21.5 Å². The van der Waals surface area contributed by atoms with Crippen LogP contribution in [0.2, 0.25) is 10.0 Å². The van der Waals surface area contributed by atoms with E-state index in [9.17, 15) is 9.59 Å². The number of halogens is 2. The molecule has 0 saturated heterocycles. The number of nitrogens with one attached hydrogen (secondary N) is 2. The first-order valence-corrected chi connectivity index (χ1v) is 7.92. The predicted molar refractivity (Wildman–Crippen MR) is 93.5 cm³/mol. The van der Waals surface area contributed by atoms with Crippen molar-refractivity contribution in [3.63, 3.8) is 0 Å². The molecule has 23 heavy (non-hydrogen) atoms. The van der Waals surface area contributed by atoms with Gasteiger partial charge in [0.25, 0.3) is 11.8 Å². The molecule has 0 unspecified atom stereocenters. The van der Waals surface area contributed by atoms with Gasteiger partial charge in [0.2, 0.25) is 0 Å². The summed E-state index contributed by atoms with van der Waals surface area (Å²) in [7, 11) is 0. The van der Waals surface area contributed by atoms with E-state index in [1.165, 1.54) is 0 Å². The van der Waals surface area contributed by atoms with Crippen LogP contribution >= 0.6 is 23.2 Å². The van der Waals surface area contributed by atoms with Gasteiger partial charge in [-0.3, -0.25) is 9.59 Å². The molecule has 4 nitrogen and oxygen atoms in total. The molecule has 0 aliphatic carbocycles. The van der Waals surface area contributed by atoms with E-state index >= 15 is 0 Å². The Kier molecular flexibility index (Phi) is 6.02. The lowest BCUT2D eigenvalue weighted by Gasteiger charge is -2.12. The van der Waals surface area contributed by atoms with Crippen molar-refractivity contribution in [2.45, 2.75) is 13.3 Å². The van der Waals surface area contributed by atoms with Crippen LogP contribution in [0, 0.1) is 0 Å². The molecule has 6 heteroatoms. The minimum absolute atomic E-state index is 0.180. The third kappa shape index (κ3) is 4.24. The van der Waals surface area contributed by atoms with Crippen molar-refractivity contribution in [1.82, 2.24) is 5.32 Å². The number of carbonyl (C=O) groups excluding carboxylic acids is 2. The number of rotatable bonds is 5. The highest BCUT2D eigenvalue weighted by Crippen LogP contribution is 2.26. The van der Waals surface area contributed by atoms with Crippen LogP contribution in [0.5, 0.6) is 0 Å². The highest BCUT2D eigenvalue weighted by Gasteiger charge is 2.17. The van der Waals surface area contributed by atoms with Crippen LogP contribution < -0.4 is 10.6 Å². The summed E-state index contributed by atoms with van der Waals surface area (Å²) in [6.45, 7) is 2.53. The van der Waals surface area contributed by atoms with E-state index < -0.39 is 5.91 Å². The third-order valence-electron chi connectivity index (χ3n) is 3.15. The highest BCUT2D eigenvalue weighted by atomic mass is 35.5. The summed E-state index contributed by atoms with van der Waals surface area (Å²) in [5.74, 6) is -0.704. The van der Waals surface area contributed by atoms with Gasteiger partial charge in [-0.15, -0.1) is 0 Å². The second-order valence-corrected chi connectivity index (χ2v) is 5.67. The number of hydrogen-bond acceptors (Lipinski definition) is 2. The van der Waals surface area contributed by atoms with Gasteiger partial charge in [0.05, 0.1) is 26.9 Å². The fourth-order valence-electron chi connectivity index (χ4n) is 2.02. The molecule has 0 saturated carbocycles. The van der Waals surface area contributed by atoms with Crippen molar-refractivity contribution >= 4 is 40.7 Å². The molecule has 0 heterocycles. The average Bonchev–Trinajstić information content (AvgIpc) is 2.53. The number of carbonyl (C=O) groups is 2. The molecule has 0 radical (unpaired) electrons. The molecule has 0 atom stereocenters. The Hall–Kier alpha value is -2.04. The fraction of sp³-hybridized carbons (Fsp3) is 0.176. The molecule has 2 rings (SSSR count). The molecular formula is C17H16Cl2N2O2. The zero-order valence-electron chi connectivity index (χ0n) is 12.5. The molecule has 2 amide bonds. The van der Waals surface area contributed by atoms with Crippen molar-refractivity contribution in [2.75, 3.05) is 11.9 Å². The average molecular weight is 351 g/mol. The summed E-state index contributed by atoms with van der Waals surface area (Å²) >= 11 is 12.1. The summed E-state index contributed by atoms with van der Waals surface area (Å²) in [6.07, 6.45) is 0.829. The monoisotopic (exact) mass is 350 g/mol. The quantitative estimate of drug-likeness (QED) is 0.840. The Morgan fingerprint density at radius 3 is 2.26 bits per heavy atom. The van der Waals surface area contributed by atoms with Gasteiger partial charge in [0, 0.05) is 6.54 Å². The Labute approximate surface area is 144 Å². The Morgan fingerprint density at radius 2 is 1.61 bits per heavy atom. The van der Waals surface area contributed by atoms with Crippen LogP contribution in [0.4, 0.5) is 5.69 Å². The van der Waals surface area contributed by atoms with Crippen molar-refractivity contribution in [1.29, 1.82) is 0 Å². The molecule has 0 aliphatic heterocycles. The van der Waals surface area contributed by atoms with E-state index in [2.05, 4.69) is 10.6 Å². The normalized spacial score (nSPS) is 10.2. The van der Waals surface area contributed by atoms with E-state index in [4.69, 9.17) is 23.2 Å². The Balaban J connectivity index is 2.27. The summed E-state index contributed by atoms with van der Waals surface area (Å²) in [5.41, 5.74) is 0.971. The van der Waals surface area contributed by atoms with Crippen molar-refractivity contribution in [3.8, 4) is 0 Å². The lowest BCUT2D eigenvalue weighted by atomic mass is 10.1. The topological polar surface area (TPSA) is 58.2 Å². The molecule has 2 aromatic rings. The zero-order chi connectivity index (χ0) is 16.8. The minimum Gasteiger partial charge on any atom is -0.352 e. The Bertz CT molecular complexity index is 712. The van der Waals surface area contributed by atoms with Gasteiger partial charge in [-0.25, -0.2) is 0 Å². The summed E-state index contributed by atoms with van der Waals surface area (Å²) in [4.78, 5) is 24.6. The van der Waals surface area contributed by atoms with Crippen LogP contribution in [-0.4, -0.2) is 18.4 Å². The van der Waals surface area contributed by atoms with Gasteiger partial charge in [-0.1, -0.05) is 48.3 Å². The van der Waals surface area contributed by atoms with E-state index in [0.717, 1.165) is 6.42 Å². The smallest absolute Gasteiger partial charge is 0.258 e. The van der Waals surface area contributed by atoms with Crippen LogP contribution in [0.3, 0.4) is 0 Å². The summed E-state index contributed by atoms with van der Waals surface area (Å²) in [5, 5.41) is 5.98. The van der Waals surface area contributed by atoms with Gasteiger partial charge in [-0.2, -0.15) is 0 Å². The van der Waals surface area contributed by atoms with Crippen LogP contribution in [0.25, 0.3) is 0 Å². The van der Waals surface area contributed by atoms with Gasteiger partial charge in [-0.05, 0) is 30.7 Å².